The first-order valence-corrected chi connectivity index (χ1v) is 6.83. The van der Waals surface area contributed by atoms with E-state index in [1.54, 1.807) is 0 Å². The summed E-state index contributed by atoms with van der Waals surface area (Å²) in [7, 11) is 0. The van der Waals surface area contributed by atoms with Gasteiger partial charge in [-0.15, -0.1) is 0 Å². The highest BCUT2D eigenvalue weighted by molar-refractivity contribution is 6.42. The van der Waals surface area contributed by atoms with E-state index in [2.05, 4.69) is 10.6 Å². The van der Waals surface area contributed by atoms with Gasteiger partial charge in [0.2, 0.25) is 11.8 Å². The molecule has 1 aliphatic rings. The second kappa shape index (κ2) is 5.99. The van der Waals surface area contributed by atoms with Crippen molar-refractivity contribution in [2.24, 2.45) is 5.92 Å². The summed E-state index contributed by atoms with van der Waals surface area (Å²) < 4.78 is 0. The molecule has 7 heteroatoms. The van der Waals surface area contributed by atoms with Crippen LogP contribution in [0.1, 0.15) is 12.8 Å². The third-order valence-electron chi connectivity index (χ3n) is 2.89. The average Bonchev–Trinajstić information content (AvgIpc) is 2.34. The van der Waals surface area contributed by atoms with E-state index in [1.165, 1.54) is 12.1 Å². The summed E-state index contributed by atoms with van der Waals surface area (Å²) in [6.45, 7) is 0.327. The summed E-state index contributed by atoms with van der Waals surface area (Å²) in [5, 5.41) is 6.29. The van der Waals surface area contributed by atoms with Crippen LogP contribution in [0.2, 0.25) is 15.1 Å². The fourth-order valence-corrected chi connectivity index (χ4v) is 2.75. The van der Waals surface area contributed by atoms with Crippen LogP contribution < -0.4 is 10.6 Å². The Morgan fingerprint density at radius 2 is 1.89 bits per heavy atom. The van der Waals surface area contributed by atoms with Crippen LogP contribution in [-0.4, -0.2) is 18.4 Å². The summed E-state index contributed by atoms with van der Waals surface area (Å²) in [5.74, 6) is -0.529. The lowest BCUT2D eigenvalue weighted by Crippen LogP contribution is -2.40. The Morgan fingerprint density at radius 1 is 1.26 bits per heavy atom. The molecular formula is C12H11Cl3N2O2. The number of halogens is 3. The highest BCUT2D eigenvalue weighted by Crippen LogP contribution is 2.34. The van der Waals surface area contributed by atoms with Gasteiger partial charge in [0.05, 0.1) is 21.7 Å². The molecule has 0 saturated carbocycles. The Bertz CT molecular complexity index is 501. The van der Waals surface area contributed by atoms with Crippen LogP contribution in [-0.2, 0) is 9.59 Å². The van der Waals surface area contributed by atoms with E-state index in [1.807, 2.05) is 0 Å². The number of carbonyl (C=O) groups excluding carboxylic acids is 2. The molecule has 2 amide bonds. The molecule has 2 rings (SSSR count). The number of anilines is 1. The van der Waals surface area contributed by atoms with Crippen molar-refractivity contribution < 1.29 is 9.59 Å². The molecular weight excluding hydrogens is 311 g/mol. The van der Waals surface area contributed by atoms with Crippen molar-refractivity contribution in [3.63, 3.8) is 0 Å². The zero-order valence-corrected chi connectivity index (χ0v) is 12.1. The normalized spacial score (nSPS) is 18.9. The second-order valence-corrected chi connectivity index (χ2v) is 5.52. The third-order valence-corrected chi connectivity index (χ3v) is 3.71. The topological polar surface area (TPSA) is 58.2 Å². The Kier molecular flexibility index (Phi) is 4.55. The predicted octanol–water partition coefficient (Wildman–Crippen LogP) is 3.11. The van der Waals surface area contributed by atoms with E-state index in [0.717, 1.165) is 0 Å². The Hall–Kier alpha value is -0.970. The minimum Gasteiger partial charge on any atom is -0.355 e. The van der Waals surface area contributed by atoms with Crippen LogP contribution in [0.4, 0.5) is 5.69 Å². The largest absolute Gasteiger partial charge is 0.355 e. The monoisotopic (exact) mass is 320 g/mol. The van der Waals surface area contributed by atoms with E-state index < -0.39 is 0 Å². The quantitative estimate of drug-likeness (QED) is 0.879. The summed E-state index contributed by atoms with van der Waals surface area (Å²) >= 11 is 17.8. The van der Waals surface area contributed by atoms with Crippen molar-refractivity contribution in [1.82, 2.24) is 5.32 Å². The molecule has 19 heavy (non-hydrogen) atoms. The van der Waals surface area contributed by atoms with Crippen molar-refractivity contribution in [3.05, 3.63) is 27.2 Å². The number of piperidine rings is 1. The number of nitrogens with one attached hydrogen (secondary N) is 2. The Morgan fingerprint density at radius 3 is 2.42 bits per heavy atom. The van der Waals surface area contributed by atoms with Crippen molar-refractivity contribution in [1.29, 1.82) is 0 Å². The van der Waals surface area contributed by atoms with Gasteiger partial charge < -0.3 is 10.6 Å². The standard InChI is InChI=1S/C12H11Cl3N2O2/c13-7-3-8(14)11(9(15)4-7)17-12(19)6-1-2-10(18)16-5-6/h3-4,6H,1-2,5H2,(H,16,18)(H,17,19). The maximum absolute atomic E-state index is 12.1. The van der Waals surface area contributed by atoms with Crippen LogP contribution in [0.3, 0.4) is 0 Å². The smallest absolute Gasteiger partial charge is 0.229 e. The molecule has 0 radical (unpaired) electrons. The van der Waals surface area contributed by atoms with Gasteiger partial charge in [0.15, 0.2) is 0 Å². The number of hydrogen-bond donors (Lipinski definition) is 2. The first-order valence-electron chi connectivity index (χ1n) is 5.69. The number of benzene rings is 1. The molecule has 1 saturated heterocycles. The lowest BCUT2D eigenvalue weighted by atomic mass is 9.98. The van der Waals surface area contributed by atoms with E-state index in [4.69, 9.17) is 34.8 Å². The van der Waals surface area contributed by atoms with E-state index in [0.29, 0.717) is 30.1 Å². The Labute approximate surface area is 125 Å². The molecule has 1 atom stereocenters. The molecule has 4 nitrogen and oxygen atoms in total. The molecule has 0 bridgehead atoms. The first kappa shape index (κ1) is 14.4. The number of hydrogen-bond acceptors (Lipinski definition) is 2. The van der Waals surface area contributed by atoms with Gasteiger partial charge in [-0.05, 0) is 18.6 Å². The second-order valence-electron chi connectivity index (χ2n) is 4.27. The lowest BCUT2D eigenvalue weighted by molar-refractivity contribution is -0.126. The summed E-state index contributed by atoms with van der Waals surface area (Å²) in [4.78, 5) is 23.1. The molecule has 1 unspecified atom stereocenters. The van der Waals surface area contributed by atoms with Gasteiger partial charge in [0.25, 0.3) is 0 Å². The van der Waals surface area contributed by atoms with Gasteiger partial charge in [0.1, 0.15) is 0 Å². The van der Waals surface area contributed by atoms with E-state index in [-0.39, 0.29) is 27.8 Å². The van der Waals surface area contributed by atoms with Crippen LogP contribution in [0.25, 0.3) is 0 Å². The summed E-state index contributed by atoms with van der Waals surface area (Å²) in [5.41, 5.74) is 0.342. The minimum atomic E-state index is -0.277. The van der Waals surface area contributed by atoms with Crippen LogP contribution in [0, 0.1) is 5.92 Å². The average molecular weight is 322 g/mol. The molecule has 1 aromatic rings. The van der Waals surface area contributed by atoms with Crippen molar-refractivity contribution in [2.45, 2.75) is 12.8 Å². The SMILES string of the molecule is O=C1CCC(C(=O)Nc2c(Cl)cc(Cl)cc2Cl)CN1. The number of amides is 2. The molecule has 0 aromatic heterocycles. The molecule has 1 aromatic carbocycles. The fourth-order valence-electron chi connectivity index (χ4n) is 1.84. The zero-order chi connectivity index (χ0) is 14.0. The van der Waals surface area contributed by atoms with Crippen LogP contribution in [0.15, 0.2) is 12.1 Å². The van der Waals surface area contributed by atoms with Crippen LogP contribution >= 0.6 is 34.8 Å². The number of rotatable bonds is 2. The van der Waals surface area contributed by atoms with E-state index in [9.17, 15) is 9.59 Å². The third kappa shape index (κ3) is 3.53. The van der Waals surface area contributed by atoms with Gasteiger partial charge in [-0.25, -0.2) is 0 Å². The molecule has 1 aliphatic heterocycles. The van der Waals surface area contributed by atoms with Gasteiger partial charge in [-0.3, -0.25) is 9.59 Å². The molecule has 2 N–H and O–H groups in total. The van der Waals surface area contributed by atoms with Crippen molar-refractivity contribution in [3.8, 4) is 0 Å². The number of carbonyl (C=O) groups is 2. The maximum Gasteiger partial charge on any atom is 0.229 e. The molecule has 0 spiro atoms. The highest BCUT2D eigenvalue weighted by Gasteiger charge is 2.25. The van der Waals surface area contributed by atoms with E-state index >= 15 is 0 Å². The Balaban J connectivity index is 2.09. The van der Waals surface area contributed by atoms with Gasteiger partial charge in [-0.1, -0.05) is 34.8 Å². The fraction of sp³-hybridized carbons (Fsp3) is 0.333. The van der Waals surface area contributed by atoms with Gasteiger partial charge in [0, 0.05) is 18.0 Å². The zero-order valence-electron chi connectivity index (χ0n) is 9.80. The highest BCUT2D eigenvalue weighted by atomic mass is 35.5. The first-order chi connectivity index (χ1) is 8.97. The molecule has 102 valence electrons. The maximum atomic E-state index is 12.1. The van der Waals surface area contributed by atoms with Crippen molar-refractivity contribution in [2.75, 3.05) is 11.9 Å². The minimum absolute atomic E-state index is 0.0355. The molecule has 1 heterocycles. The molecule has 1 fully saturated rings. The predicted molar refractivity (Wildman–Crippen MR) is 75.8 cm³/mol. The van der Waals surface area contributed by atoms with Gasteiger partial charge >= 0.3 is 0 Å². The van der Waals surface area contributed by atoms with Crippen LogP contribution in [0.5, 0.6) is 0 Å². The molecule has 0 aliphatic carbocycles. The van der Waals surface area contributed by atoms with Gasteiger partial charge in [-0.2, -0.15) is 0 Å². The summed E-state index contributed by atoms with van der Waals surface area (Å²) in [6, 6.07) is 3.01. The van der Waals surface area contributed by atoms with Crippen molar-refractivity contribution >= 4 is 52.3 Å². The lowest BCUT2D eigenvalue weighted by Gasteiger charge is -2.22. The summed E-state index contributed by atoms with van der Waals surface area (Å²) in [6.07, 6.45) is 0.862.